The van der Waals surface area contributed by atoms with Crippen molar-refractivity contribution in [3.63, 3.8) is 0 Å². The maximum Gasteiger partial charge on any atom is 0.410 e. The van der Waals surface area contributed by atoms with Gasteiger partial charge in [-0.25, -0.2) is 9.78 Å². The van der Waals surface area contributed by atoms with Gasteiger partial charge in [-0.05, 0) is 50.5 Å². The number of carbonyl (C=O) groups excluding carboxylic acids is 1. The minimum Gasteiger partial charge on any atom is -0.472 e. The number of pyridine rings is 1. The van der Waals surface area contributed by atoms with Gasteiger partial charge in [0.05, 0.1) is 0 Å². The molecular formula is C22H26N2O3. The van der Waals surface area contributed by atoms with Gasteiger partial charge < -0.3 is 14.4 Å². The van der Waals surface area contributed by atoms with Gasteiger partial charge >= 0.3 is 6.09 Å². The molecule has 0 atom stereocenters. The van der Waals surface area contributed by atoms with E-state index in [1.54, 1.807) is 11.1 Å². The average Bonchev–Trinajstić information content (AvgIpc) is 2.66. The predicted octanol–water partition coefficient (Wildman–Crippen LogP) is 4.68. The molecule has 0 unspecified atom stereocenters. The Morgan fingerprint density at radius 2 is 1.93 bits per heavy atom. The van der Waals surface area contributed by atoms with E-state index >= 15 is 0 Å². The van der Waals surface area contributed by atoms with Gasteiger partial charge in [-0.15, -0.1) is 0 Å². The van der Waals surface area contributed by atoms with Crippen LogP contribution in [-0.2, 0) is 11.3 Å². The zero-order valence-electron chi connectivity index (χ0n) is 16.1. The van der Waals surface area contributed by atoms with Crippen LogP contribution in [0.1, 0.15) is 38.3 Å². The molecule has 0 N–H and O–H groups in total. The van der Waals surface area contributed by atoms with Gasteiger partial charge in [-0.1, -0.05) is 36.4 Å². The molecule has 2 heterocycles. The number of benzene rings is 1. The third-order valence-electron chi connectivity index (χ3n) is 4.20. The molecule has 0 fully saturated rings. The number of amides is 1. The molecule has 27 heavy (non-hydrogen) atoms. The summed E-state index contributed by atoms with van der Waals surface area (Å²) in [6.07, 6.45) is 4.26. The van der Waals surface area contributed by atoms with Crippen molar-refractivity contribution >= 4 is 11.7 Å². The molecule has 1 aliphatic rings. The molecule has 0 saturated heterocycles. The molecular weight excluding hydrogens is 340 g/mol. The highest BCUT2D eigenvalue weighted by Gasteiger charge is 2.24. The number of hydrogen-bond donors (Lipinski definition) is 0. The number of nitrogens with zero attached hydrogens (tertiary/aromatic N) is 2. The third kappa shape index (κ3) is 5.33. The third-order valence-corrected chi connectivity index (χ3v) is 4.20. The molecule has 1 aromatic carbocycles. The summed E-state index contributed by atoms with van der Waals surface area (Å²) in [6, 6.07) is 14.0. The van der Waals surface area contributed by atoms with E-state index in [0.29, 0.717) is 25.6 Å². The van der Waals surface area contributed by atoms with Gasteiger partial charge in [-0.3, -0.25) is 0 Å². The molecule has 3 rings (SSSR count). The van der Waals surface area contributed by atoms with Crippen molar-refractivity contribution in [3.8, 4) is 5.88 Å². The van der Waals surface area contributed by atoms with Crippen molar-refractivity contribution in [2.45, 2.75) is 39.4 Å². The topological polar surface area (TPSA) is 51.7 Å². The van der Waals surface area contributed by atoms with E-state index in [4.69, 9.17) is 9.47 Å². The van der Waals surface area contributed by atoms with Crippen LogP contribution >= 0.6 is 0 Å². The van der Waals surface area contributed by atoms with Crippen molar-refractivity contribution in [2.24, 2.45) is 0 Å². The average molecular weight is 366 g/mol. The Labute approximate surface area is 160 Å². The zero-order chi connectivity index (χ0) is 19.3. The number of ether oxygens (including phenoxy) is 2. The normalized spacial score (nSPS) is 14.5. The lowest BCUT2D eigenvalue weighted by Gasteiger charge is -2.29. The summed E-state index contributed by atoms with van der Waals surface area (Å²) >= 11 is 0. The lowest BCUT2D eigenvalue weighted by Crippen LogP contribution is -2.39. The van der Waals surface area contributed by atoms with Crippen LogP contribution in [0.4, 0.5) is 4.79 Å². The molecule has 1 aromatic heterocycles. The van der Waals surface area contributed by atoms with E-state index in [0.717, 1.165) is 23.1 Å². The van der Waals surface area contributed by atoms with E-state index in [9.17, 15) is 4.79 Å². The lowest BCUT2D eigenvalue weighted by atomic mass is 10.0. The Morgan fingerprint density at radius 3 is 2.59 bits per heavy atom. The van der Waals surface area contributed by atoms with Gasteiger partial charge in [0.1, 0.15) is 12.2 Å². The summed E-state index contributed by atoms with van der Waals surface area (Å²) < 4.78 is 11.4. The molecule has 0 aliphatic carbocycles. The second-order valence-electron chi connectivity index (χ2n) is 7.54. The number of rotatable bonds is 4. The Bertz CT molecular complexity index is 810. The second kappa shape index (κ2) is 8.25. The van der Waals surface area contributed by atoms with E-state index < -0.39 is 5.60 Å². The van der Waals surface area contributed by atoms with Crippen LogP contribution in [0.5, 0.6) is 5.88 Å². The summed E-state index contributed by atoms with van der Waals surface area (Å²) in [7, 11) is 0. The fraction of sp³-hybridized carbons (Fsp3) is 0.364. The van der Waals surface area contributed by atoms with Crippen LogP contribution in [0.15, 0.2) is 54.7 Å². The number of carbonyl (C=O) groups is 1. The fourth-order valence-corrected chi connectivity index (χ4v) is 2.88. The van der Waals surface area contributed by atoms with Crippen molar-refractivity contribution < 1.29 is 14.3 Å². The maximum absolute atomic E-state index is 12.2. The molecule has 1 aliphatic heterocycles. The lowest BCUT2D eigenvalue weighted by molar-refractivity contribution is 0.0270. The minimum absolute atomic E-state index is 0.274. The Kier molecular flexibility index (Phi) is 5.79. The van der Waals surface area contributed by atoms with Crippen molar-refractivity contribution in [3.05, 3.63) is 65.9 Å². The molecule has 2 aromatic rings. The van der Waals surface area contributed by atoms with Crippen LogP contribution in [0.25, 0.3) is 5.57 Å². The SMILES string of the molecule is CC(C)(C)OC(=O)N1CC=C(c2cccnc2OCc2ccccc2)CC1. The van der Waals surface area contributed by atoms with E-state index in [1.165, 1.54) is 0 Å². The Hall–Kier alpha value is -2.82. The van der Waals surface area contributed by atoms with Crippen molar-refractivity contribution in [1.29, 1.82) is 0 Å². The number of aromatic nitrogens is 1. The van der Waals surface area contributed by atoms with Gasteiger partial charge in [-0.2, -0.15) is 0 Å². The fourth-order valence-electron chi connectivity index (χ4n) is 2.88. The molecule has 0 saturated carbocycles. The van der Waals surface area contributed by atoms with Crippen LogP contribution in [0.3, 0.4) is 0 Å². The van der Waals surface area contributed by atoms with Crippen molar-refractivity contribution in [1.82, 2.24) is 9.88 Å². The first-order valence-corrected chi connectivity index (χ1v) is 9.21. The van der Waals surface area contributed by atoms with Gasteiger partial charge in [0.15, 0.2) is 0 Å². The highest BCUT2D eigenvalue weighted by atomic mass is 16.6. The largest absolute Gasteiger partial charge is 0.472 e. The van der Waals surface area contributed by atoms with Crippen LogP contribution in [0.2, 0.25) is 0 Å². The van der Waals surface area contributed by atoms with E-state index in [-0.39, 0.29) is 6.09 Å². The van der Waals surface area contributed by atoms with Gasteiger partial charge in [0, 0.05) is 24.8 Å². The molecule has 1 amide bonds. The monoisotopic (exact) mass is 366 g/mol. The first-order valence-electron chi connectivity index (χ1n) is 9.21. The first kappa shape index (κ1) is 19.0. The maximum atomic E-state index is 12.2. The van der Waals surface area contributed by atoms with Crippen molar-refractivity contribution in [2.75, 3.05) is 13.1 Å². The summed E-state index contributed by atoms with van der Waals surface area (Å²) in [5.41, 5.74) is 2.74. The predicted molar refractivity (Wildman–Crippen MR) is 105 cm³/mol. The highest BCUT2D eigenvalue weighted by molar-refractivity contribution is 5.74. The van der Waals surface area contributed by atoms with Gasteiger partial charge in [0.25, 0.3) is 0 Å². The molecule has 0 bridgehead atoms. The van der Waals surface area contributed by atoms with Gasteiger partial charge in [0.2, 0.25) is 5.88 Å². The van der Waals surface area contributed by atoms with Crippen LogP contribution < -0.4 is 4.74 Å². The quantitative estimate of drug-likeness (QED) is 0.788. The Morgan fingerprint density at radius 1 is 1.15 bits per heavy atom. The smallest absolute Gasteiger partial charge is 0.410 e. The van der Waals surface area contributed by atoms with Crippen LogP contribution in [0, 0.1) is 0 Å². The van der Waals surface area contributed by atoms with E-state index in [1.807, 2.05) is 63.2 Å². The molecule has 0 radical (unpaired) electrons. The summed E-state index contributed by atoms with van der Waals surface area (Å²) in [5.74, 6) is 0.623. The molecule has 5 nitrogen and oxygen atoms in total. The summed E-state index contributed by atoms with van der Waals surface area (Å²) in [5, 5.41) is 0. The van der Waals surface area contributed by atoms with Crippen LogP contribution in [-0.4, -0.2) is 34.7 Å². The highest BCUT2D eigenvalue weighted by Crippen LogP contribution is 2.29. The zero-order valence-corrected chi connectivity index (χ0v) is 16.1. The molecule has 0 spiro atoms. The first-order chi connectivity index (χ1) is 12.9. The van der Waals surface area contributed by atoms with E-state index in [2.05, 4.69) is 11.1 Å². The number of hydrogen-bond acceptors (Lipinski definition) is 4. The minimum atomic E-state index is -0.483. The summed E-state index contributed by atoms with van der Waals surface area (Å²) in [4.78, 5) is 18.3. The Balaban J connectivity index is 1.68. The molecule has 5 heteroatoms. The standard InChI is InChI=1S/C22H26N2O3/c1-22(2,3)27-21(25)24-14-11-18(12-15-24)19-10-7-13-23-20(19)26-16-17-8-5-4-6-9-17/h4-11,13H,12,14-16H2,1-3H3. The second-order valence-corrected chi connectivity index (χ2v) is 7.54. The molecule has 142 valence electrons. The summed E-state index contributed by atoms with van der Waals surface area (Å²) in [6.45, 7) is 7.25.